The van der Waals surface area contributed by atoms with E-state index in [0.29, 0.717) is 27.7 Å². The van der Waals surface area contributed by atoms with Crippen LogP contribution >= 0.6 is 15.9 Å². The molecule has 3 nitrogen and oxygen atoms in total. The van der Waals surface area contributed by atoms with E-state index in [9.17, 15) is 9.18 Å². The van der Waals surface area contributed by atoms with Gasteiger partial charge in [0.15, 0.2) is 0 Å². The van der Waals surface area contributed by atoms with Gasteiger partial charge in [0.1, 0.15) is 11.6 Å². The minimum absolute atomic E-state index is 0.156. The number of benzene rings is 2. The monoisotopic (exact) mass is 332 g/mol. The molecule has 0 unspecified atom stereocenters. The Bertz CT molecular complexity index is 827. The van der Waals surface area contributed by atoms with Crippen molar-refractivity contribution in [1.82, 2.24) is 9.55 Å². The van der Waals surface area contributed by atoms with E-state index in [1.54, 1.807) is 30.3 Å². The number of nitrogens with zero attached hydrogens (tertiary/aromatic N) is 2. The van der Waals surface area contributed by atoms with E-state index in [1.807, 2.05) is 6.07 Å². The Morgan fingerprint density at radius 2 is 1.80 bits per heavy atom. The number of rotatable bonds is 2. The average molecular weight is 333 g/mol. The van der Waals surface area contributed by atoms with Crippen LogP contribution in [0.5, 0.6) is 0 Å². The molecule has 0 aliphatic rings. The Morgan fingerprint density at radius 3 is 2.50 bits per heavy atom. The quantitative estimate of drug-likeness (QED) is 0.674. The molecule has 100 valence electrons. The van der Waals surface area contributed by atoms with Gasteiger partial charge >= 0.3 is 0 Å². The van der Waals surface area contributed by atoms with Crippen molar-refractivity contribution in [3.05, 3.63) is 70.5 Å². The Labute approximate surface area is 122 Å². The summed E-state index contributed by atoms with van der Waals surface area (Å²) >= 11 is 3.34. The second-order valence-electron chi connectivity index (χ2n) is 4.30. The SMILES string of the molecule is O=c1c2ccccc2nc(CBr)n1-c1ccc(F)cc1. The maximum atomic E-state index is 13.0. The molecule has 0 spiro atoms. The normalized spacial score (nSPS) is 10.9. The van der Waals surface area contributed by atoms with Gasteiger partial charge in [-0.05, 0) is 36.4 Å². The lowest BCUT2D eigenvalue weighted by molar-refractivity contribution is 0.627. The van der Waals surface area contributed by atoms with Gasteiger partial charge in [-0.3, -0.25) is 9.36 Å². The summed E-state index contributed by atoms with van der Waals surface area (Å²) in [6.45, 7) is 0. The van der Waals surface area contributed by atoms with Crippen LogP contribution in [0, 0.1) is 5.82 Å². The van der Waals surface area contributed by atoms with Crippen molar-refractivity contribution in [1.29, 1.82) is 0 Å². The number of aromatic nitrogens is 2. The molecule has 3 rings (SSSR count). The number of para-hydroxylation sites is 1. The van der Waals surface area contributed by atoms with Crippen molar-refractivity contribution in [2.45, 2.75) is 5.33 Å². The van der Waals surface area contributed by atoms with Crippen LogP contribution in [0.15, 0.2) is 53.3 Å². The van der Waals surface area contributed by atoms with Gasteiger partial charge in [-0.2, -0.15) is 0 Å². The molecule has 1 heterocycles. The molecule has 0 radical (unpaired) electrons. The van der Waals surface area contributed by atoms with Crippen LogP contribution in [-0.4, -0.2) is 9.55 Å². The molecule has 0 aliphatic heterocycles. The Morgan fingerprint density at radius 1 is 1.10 bits per heavy atom. The molecular formula is C15H10BrFN2O. The summed E-state index contributed by atoms with van der Waals surface area (Å²) in [5.74, 6) is 0.247. The van der Waals surface area contributed by atoms with Gasteiger partial charge in [0.05, 0.1) is 21.9 Å². The first-order valence-electron chi connectivity index (χ1n) is 6.03. The van der Waals surface area contributed by atoms with Crippen LogP contribution in [0.1, 0.15) is 5.82 Å². The number of hydrogen-bond acceptors (Lipinski definition) is 2. The fourth-order valence-electron chi connectivity index (χ4n) is 2.12. The van der Waals surface area contributed by atoms with E-state index >= 15 is 0 Å². The fourth-order valence-corrected chi connectivity index (χ4v) is 2.50. The van der Waals surface area contributed by atoms with E-state index < -0.39 is 0 Å². The lowest BCUT2D eigenvalue weighted by atomic mass is 10.2. The van der Waals surface area contributed by atoms with Crippen LogP contribution in [0.2, 0.25) is 0 Å². The molecular weight excluding hydrogens is 323 g/mol. The van der Waals surface area contributed by atoms with Crippen LogP contribution in [0.25, 0.3) is 16.6 Å². The van der Waals surface area contributed by atoms with Crippen LogP contribution < -0.4 is 5.56 Å². The topological polar surface area (TPSA) is 34.9 Å². The van der Waals surface area contributed by atoms with Gasteiger partial charge in [0.2, 0.25) is 0 Å². The second kappa shape index (κ2) is 5.17. The Balaban J connectivity index is 2.36. The third kappa shape index (κ3) is 2.14. The van der Waals surface area contributed by atoms with Crippen molar-refractivity contribution in [3.8, 4) is 5.69 Å². The first kappa shape index (κ1) is 13.0. The standard InChI is InChI=1S/C15H10BrFN2O/c16-9-14-18-13-4-2-1-3-12(13)15(20)19(14)11-7-5-10(17)6-8-11/h1-8H,9H2. The zero-order valence-corrected chi connectivity index (χ0v) is 12.0. The van der Waals surface area contributed by atoms with E-state index in [4.69, 9.17) is 0 Å². The lowest BCUT2D eigenvalue weighted by Crippen LogP contribution is -2.23. The smallest absolute Gasteiger partial charge is 0.265 e. The van der Waals surface area contributed by atoms with Crippen molar-refractivity contribution < 1.29 is 4.39 Å². The summed E-state index contributed by atoms with van der Waals surface area (Å²) in [5, 5.41) is 0.978. The summed E-state index contributed by atoms with van der Waals surface area (Å²) in [6.07, 6.45) is 0. The molecule has 0 fully saturated rings. The highest BCUT2D eigenvalue weighted by Crippen LogP contribution is 2.15. The zero-order chi connectivity index (χ0) is 14.1. The van der Waals surface area contributed by atoms with Crippen LogP contribution in [-0.2, 0) is 5.33 Å². The molecule has 3 aromatic rings. The third-order valence-corrected chi connectivity index (χ3v) is 3.55. The molecule has 0 atom stereocenters. The van der Waals surface area contributed by atoms with Gasteiger partial charge in [-0.1, -0.05) is 28.1 Å². The Kier molecular flexibility index (Phi) is 3.36. The first-order valence-corrected chi connectivity index (χ1v) is 7.15. The number of halogens is 2. The van der Waals surface area contributed by atoms with E-state index in [1.165, 1.54) is 16.7 Å². The molecule has 0 N–H and O–H groups in total. The molecule has 5 heteroatoms. The summed E-state index contributed by atoms with van der Waals surface area (Å²) in [7, 11) is 0. The van der Waals surface area contributed by atoms with Crippen LogP contribution in [0.4, 0.5) is 4.39 Å². The Hall–Kier alpha value is -2.01. The van der Waals surface area contributed by atoms with Crippen molar-refractivity contribution >= 4 is 26.8 Å². The molecule has 20 heavy (non-hydrogen) atoms. The minimum Gasteiger partial charge on any atom is -0.268 e. The molecule has 0 saturated carbocycles. The number of alkyl halides is 1. The maximum Gasteiger partial charge on any atom is 0.265 e. The van der Waals surface area contributed by atoms with E-state index in [2.05, 4.69) is 20.9 Å². The van der Waals surface area contributed by atoms with Crippen molar-refractivity contribution in [2.24, 2.45) is 0 Å². The molecule has 0 saturated heterocycles. The van der Waals surface area contributed by atoms with Crippen molar-refractivity contribution in [2.75, 3.05) is 0 Å². The lowest BCUT2D eigenvalue weighted by Gasteiger charge is -2.11. The average Bonchev–Trinajstić information content (AvgIpc) is 2.48. The van der Waals surface area contributed by atoms with E-state index in [0.717, 1.165) is 0 Å². The number of hydrogen-bond donors (Lipinski definition) is 0. The van der Waals surface area contributed by atoms with E-state index in [-0.39, 0.29) is 11.4 Å². The second-order valence-corrected chi connectivity index (χ2v) is 4.86. The molecule has 0 aliphatic carbocycles. The molecule has 1 aromatic heterocycles. The van der Waals surface area contributed by atoms with Crippen molar-refractivity contribution in [3.63, 3.8) is 0 Å². The summed E-state index contributed by atoms with van der Waals surface area (Å²) in [5.41, 5.74) is 1.10. The van der Waals surface area contributed by atoms with Gasteiger partial charge in [0.25, 0.3) is 5.56 Å². The summed E-state index contributed by atoms with van der Waals surface area (Å²) < 4.78 is 14.5. The van der Waals surface area contributed by atoms with Gasteiger partial charge in [-0.25, -0.2) is 9.37 Å². The molecule has 0 bridgehead atoms. The predicted octanol–water partition coefficient (Wildman–Crippen LogP) is 3.42. The largest absolute Gasteiger partial charge is 0.268 e. The number of fused-ring (bicyclic) bond motifs is 1. The molecule has 0 amide bonds. The first-order chi connectivity index (χ1) is 9.70. The van der Waals surface area contributed by atoms with Gasteiger partial charge in [0, 0.05) is 0 Å². The highest BCUT2D eigenvalue weighted by Gasteiger charge is 2.11. The molecule has 2 aromatic carbocycles. The fraction of sp³-hybridized carbons (Fsp3) is 0.0667. The summed E-state index contributed by atoms with van der Waals surface area (Å²) in [4.78, 5) is 17.1. The maximum absolute atomic E-state index is 13.0. The predicted molar refractivity (Wildman–Crippen MR) is 79.9 cm³/mol. The highest BCUT2D eigenvalue weighted by atomic mass is 79.9. The zero-order valence-electron chi connectivity index (χ0n) is 10.4. The minimum atomic E-state index is -0.337. The van der Waals surface area contributed by atoms with Gasteiger partial charge < -0.3 is 0 Å². The van der Waals surface area contributed by atoms with Crippen LogP contribution in [0.3, 0.4) is 0 Å². The summed E-state index contributed by atoms with van der Waals surface area (Å²) in [6, 6.07) is 13.0. The third-order valence-electron chi connectivity index (χ3n) is 3.05. The van der Waals surface area contributed by atoms with Gasteiger partial charge in [-0.15, -0.1) is 0 Å². The highest BCUT2D eigenvalue weighted by molar-refractivity contribution is 9.08.